The molecular formula is C14H25IN4O3S. The Morgan fingerprint density at radius 1 is 1.22 bits per heavy atom. The van der Waals surface area contributed by atoms with Crippen molar-refractivity contribution in [2.75, 3.05) is 33.0 Å². The molecule has 1 rings (SSSR count). The molecule has 23 heavy (non-hydrogen) atoms. The summed E-state index contributed by atoms with van der Waals surface area (Å²) in [7, 11) is -1.50. The molecule has 0 radical (unpaired) electrons. The minimum Gasteiger partial charge on any atom is -0.494 e. The second kappa shape index (κ2) is 11.5. The van der Waals surface area contributed by atoms with Crippen LogP contribution in [0.1, 0.15) is 12.5 Å². The number of rotatable bonds is 8. The van der Waals surface area contributed by atoms with E-state index in [0.717, 1.165) is 17.6 Å². The third-order valence-electron chi connectivity index (χ3n) is 2.72. The fourth-order valence-corrected chi connectivity index (χ4v) is 2.24. The van der Waals surface area contributed by atoms with E-state index >= 15 is 0 Å². The van der Waals surface area contributed by atoms with Crippen LogP contribution in [0.3, 0.4) is 0 Å². The smallest absolute Gasteiger partial charge is 0.208 e. The van der Waals surface area contributed by atoms with Gasteiger partial charge in [-0.2, -0.15) is 0 Å². The van der Waals surface area contributed by atoms with Crippen LogP contribution in [0, 0.1) is 0 Å². The predicted octanol–water partition coefficient (Wildman–Crippen LogP) is 0.917. The van der Waals surface area contributed by atoms with Gasteiger partial charge in [0, 0.05) is 32.2 Å². The van der Waals surface area contributed by atoms with Crippen molar-refractivity contribution in [3.8, 4) is 5.75 Å². The number of halogens is 1. The summed E-state index contributed by atoms with van der Waals surface area (Å²) < 4.78 is 29.9. The SMILES string of the molecule is CCOc1ccccc1CNC(=NC)NCCNS(C)(=O)=O.I. The van der Waals surface area contributed by atoms with Gasteiger partial charge < -0.3 is 15.4 Å². The van der Waals surface area contributed by atoms with E-state index in [9.17, 15) is 8.42 Å². The van der Waals surface area contributed by atoms with Gasteiger partial charge in [-0.25, -0.2) is 13.1 Å². The summed E-state index contributed by atoms with van der Waals surface area (Å²) in [5.74, 6) is 1.44. The molecule has 0 fully saturated rings. The Kier molecular flexibility index (Phi) is 10.9. The lowest BCUT2D eigenvalue weighted by Crippen LogP contribution is -2.41. The maximum atomic E-state index is 11.0. The molecule has 0 heterocycles. The second-order valence-corrected chi connectivity index (χ2v) is 6.39. The summed E-state index contributed by atoms with van der Waals surface area (Å²) in [6, 6.07) is 7.79. The van der Waals surface area contributed by atoms with Crippen molar-refractivity contribution in [1.82, 2.24) is 15.4 Å². The maximum absolute atomic E-state index is 11.0. The summed E-state index contributed by atoms with van der Waals surface area (Å²) in [5, 5.41) is 6.20. The quantitative estimate of drug-likeness (QED) is 0.234. The fourth-order valence-electron chi connectivity index (χ4n) is 1.76. The Morgan fingerprint density at radius 3 is 2.52 bits per heavy atom. The Morgan fingerprint density at radius 2 is 1.91 bits per heavy atom. The van der Waals surface area contributed by atoms with E-state index in [1.54, 1.807) is 7.05 Å². The number of hydrogen-bond acceptors (Lipinski definition) is 4. The maximum Gasteiger partial charge on any atom is 0.208 e. The van der Waals surface area contributed by atoms with Gasteiger partial charge >= 0.3 is 0 Å². The van der Waals surface area contributed by atoms with Gasteiger partial charge in [-0.05, 0) is 13.0 Å². The van der Waals surface area contributed by atoms with Crippen LogP contribution in [0.2, 0.25) is 0 Å². The lowest BCUT2D eigenvalue weighted by Gasteiger charge is -2.14. The van der Waals surface area contributed by atoms with Gasteiger partial charge in [0.25, 0.3) is 0 Å². The van der Waals surface area contributed by atoms with Crippen LogP contribution in [-0.2, 0) is 16.6 Å². The van der Waals surface area contributed by atoms with Gasteiger partial charge in [-0.3, -0.25) is 4.99 Å². The summed E-state index contributed by atoms with van der Waals surface area (Å²) >= 11 is 0. The molecule has 0 saturated heterocycles. The predicted molar refractivity (Wildman–Crippen MR) is 104 cm³/mol. The summed E-state index contributed by atoms with van der Waals surface area (Å²) in [5.41, 5.74) is 1.03. The highest BCUT2D eigenvalue weighted by Gasteiger charge is 2.04. The van der Waals surface area contributed by atoms with Crippen LogP contribution >= 0.6 is 24.0 Å². The second-order valence-electron chi connectivity index (χ2n) is 4.56. The first-order valence-electron chi connectivity index (χ1n) is 7.06. The van der Waals surface area contributed by atoms with Crippen molar-refractivity contribution >= 4 is 40.0 Å². The number of guanidine groups is 1. The zero-order chi connectivity index (χ0) is 16.4. The number of nitrogens with zero attached hydrogens (tertiary/aromatic N) is 1. The lowest BCUT2D eigenvalue weighted by atomic mass is 10.2. The van der Waals surface area contributed by atoms with Crippen molar-refractivity contribution in [3.63, 3.8) is 0 Å². The van der Waals surface area contributed by atoms with Crippen LogP contribution in [0.4, 0.5) is 0 Å². The highest BCUT2D eigenvalue weighted by Crippen LogP contribution is 2.17. The van der Waals surface area contributed by atoms with E-state index in [2.05, 4.69) is 20.3 Å². The van der Waals surface area contributed by atoms with Gasteiger partial charge in [0.2, 0.25) is 10.0 Å². The van der Waals surface area contributed by atoms with Gasteiger partial charge in [0.05, 0.1) is 12.9 Å². The number of hydrogen-bond donors (Lipinski definition) is 3. The summed E-state index contributed by atoms with van der Waals surface area (Å²) in [6.45, 7) is 3.87. The number of nitrogens with one attached hydrogen (secondary N) is 3. The van der Waals surface area contributed by atoms with Crippen LogP contribution in [0.15, 0.2) is 29.3 Å². The number of sulfonamides is 1. The Balaban J connectivity index is 0.00000484. The highest BCUT2D eigenvalue weighted by molar-refractivity contribution is 14.0. The van der Waals surface area contributed by atoms with Crippen LogP contribution in [0.25, 0.3) is 0 Å². The van der Waals surface area contributed by atoms with Crippen LogP contribution in [-0.4, -0.2) is 47.4 Å². The molecule has 0 aromatic heterocycles. The lowest BCUT2D eigenvalue weighted by molar-refractivity contribution is 0.336. The van der Waals surface area contributed by atoms with Gasteiger partial charge in [0.1, 0.15) is 5.75 Å². The molecule has 0 aliphatic carbocycles. The van der Waals surface area contributed by atoms with Crippen LogP contribution < -0.4 is 20.1 Å². The minimum atomic E-state index is -3.16. The van der Waals surface area contributed by atoms with E-state index in [1.165, 1.54) is 0 Å². The first-order valence-corrected chi connectivity index (χ1v) is 8.95. The standard InChI is InChI=1S/C14H24N4O3S.HI/c1-4-21-13-8-6-5-7-12(13)11-17-14(15-2)16-9-10-18-22(3,19)20;/h5-8,18H,4,9-11H2,1-3H3,(H2,15,16,17);1H. The average Bonchev–Trinajstić information content (AvgIpc) is 2.47. The third kappa shape index (κ3) is 9.61. The molecule has 0 spiro atoms. The van der Waals surface area contributed by atoms with E-state index in [0.29, 0.717) is 32.2 Å². The van der Waals surface area contributed by atoms with Crippen molar-refractivity contribution in [3.05, 3.63) is 29.8 Å². The molecule has 0 unspecified atom stereocenters. The highest BCUT2D eigenvalue weighted by atomic mass is 127. The Hall–Kier alpha value is -1.07. The molecule has 132 valence electrons. The average molecular weight is 456 g/mol. The molecule has 0 aliphatic heterocycles. The molecular weight excluding hydrogens is 431 g/mol. The fraction of sp³-hybridized carbons (Fsp3) is 0.500. The molecule has 3 N–H and O–H groups in total. The Labute approximate surface area is 155 Å². The first-order chi connectivity index (χ1) is 10.5. The minimum absolute atomic E-state index is 0. The topological polar surface area (TPSA) is 91.8 Å². The monoisotopic (exact) mass is 456 g/mol. The first kappa shape index (κ1) is 21.9. The third-order valence-corrected chi connectivity index (χ3v) is 3.45. The molecule has 0 atom stereocenters. The van der Waals surface area contributed by atoms with Crippen molar-refractivity contribution in [2.45, 2.75) is 13.5 Å². The van der Waals surface area contributed by atoms with E-state index in [1.807, 2.05) is 31.2 Å². The normalized spacial score (nSPS) is 11.5. The van der Waals surface area contributed by atoms with Gasteiger partial charge in [-0.1, -0.05) is 18.2 Å². The number of ether oxygens (including phenoxy) is 1. The molecule has 0 bridgehead atoms. The Bertz CT molecular complexity index is 593. The molecule has 1 aromatic carbocycles. The number of para-hydroxylation sites is 1. The molecule has 0 saturated carbocycles. The number of aliphatic imine (C=N–C) groups is 1. The van der Waals surface area contributed by atoms with E-state index < -0.39 is 10.0 Å². The molecule has 1 aromatic rings. The zero-order valence-corrected chi connectivity index (χ0v) is 16.8. The molecule has 7 nitrogen and oxygen atoms in total. The summed E-state index contributed by atoms with van der Waals surface area (Å²) in [4.78, 5) is 4.09. The van der Waals surface area contributed by atoms with Crippen molar-refractivity contribution in [1.29, 1.82) is 0 Å². The summed E-state index contributed by atoms with van der Waals surface area (Å²) in [6.07, 6.45) is 1.13. The molecule has 0 aliphatic rings. The van der Waals surface area contributed by atoms with E-state index in [4.69, 9.17) is 4.74 Å². The van der Waals surface area contributed by atoms with Crippen molar-refractivity contribution in [2.24, 2.45) is 4.99 Å². The van der Waals surface area contributed by atoms with Crippen molar-refractivity contribution < 1.29 is 13.2 Å². The van der Waals surface area contributed by atoms with E-state index in [-0.39, 0.29) is 24.0 Å². The van der Waals surface area contributed by atoms with Gasteiger partial charge in [0.15, 0.2) is 5.96 Å². The largest absolute Gasteiger partial charge is 0.494 e. The molecule has 9 heteroatoms. The van der Waals surface area contributed by atoms with Crippen LogP contribution in [0.5, 0.6) is 5.75 Å². The van der Waals surface area contributed by atoms with Gasteiger partial charge in [-0.15, -0.1) is 24.0 Å². The number of benzene rings is 1. The molecule has 0 amide bonds. The zero-order valence-electron chi connectivity index (χ0n) is 13.6.